The van der Waals surface area contributed by atoms with Crippen LogP contribution in [0, 0.1) is 5.82 Å². The van der Waals surface area contributed by atoms with E-state index in [-0.39, 0.29) is 5.82 Å². The molecule has 0 saturated heterocycles. The zero-order valence-electron chi connectivity index (χ0n) is 8.74. The van der Waals surface area contributed by atoms with Gasteiger partial charge in [0.15, 0.2) is 0 Å². The highest BCUT2D eigenvalue weighted by molar-refractivity contribution is 5.43. The predicted octanol–water partition coefficient (Wildman–Crippen LogP) is 2.49. The average molecular weight is 220 g/mol. The summed E-state index contributed by atoms with van der Waals surface area (Å²) in [4.78, 5) is 0. The maximum atomic E-state index is 12.9. The molecule has 0 aliphatic rings. The van der Waals surface area contributed by atoms with Crippen LogP contribution in [0.1, 0.15) is 11.3 Å². The maximum absolute atomic E-state index is 12.9. The van der Waals surface area contributed by atoms with Gasteiger partial charge in [-0.05, 0) is 24.3 Å². The van der Waals surface area contributed by atoms with Crippen LogP contribution in [0.2, 0.25) is 0 Å². The molecule has 0 saturated carbocycles. The van der Waals surface area contributed by atoms with Crippen molar-refractivity contribution in [2.45, 2.75) is 13.1 Å². The van der Waals surface area contributed by atoms with Gasteiger partial charge in [-0.25, -0.2) is 4.39 Å². The van der Waals surface area contributed by atoms with E-state index in [1.165, 1.54) is 12.1 Å². The number of hydrogen-bond acceptors (Lipinski definition) is 3. The summed E-state index contributed by atoms with van der Waals surface area (Å²) in [6, 6.07) is 8.22. The molecule has 0 unspecified atom stereocenters. The minimum Gasteiger partial charge on any atom is -0.468 e. The molecule has 0 amide bonds. The molecule has 2 aromatic rings. The molecule has 0 bridgehead atoms. The normalized spacial score (nSPS) is 10.4. The third-order valence-electron chi connectivity index (χ3n) is 2.23. The van der Waals surface area contributed by atoms with Gasteiger partial charge in [0.25, 0.3) is 0 Å². The first kappa shape index (κ1) is 10.7. The Morgan fingerprint density at radius 1 is 1.31 bits per heavy atom. The molecule has 1 aromatic carbocycles. The zero-order chi connectivity index (χ0) is 11.4. The molecule has 0 fully saturated rings. The highest BCUT2D eigenvalue weighted by Gasteiger charge is 2.00. The lowest BCUT2D eigenvalue weighted by molar-refractivity contribution is 0.510. The Morgan fingerprint density at radius 3 is 2.88 bits per heavy atom. The first-order valence-corrected chi connectivity index (χ1v) is 5.04. The third kappa shape index (κ3) is 2.61. The average Bonchev–Trinajstić information content (AvgIpc) is 2.74. The van der Waals surface area contributed by atoms with Gasteiger partial charge in [-0.1, -0.05) is 6.07 Å². The summed E-state index contributed by atoms with van der Waals surface area (Å²) in [5.41, 5.74) is 7.16. The van der Waals surface area contributed by atoms with E-state index in [2.05, 4.69) is 5.32 Å². The first-order chi connectivity index (χ1) is 7.78. The summed E-state index contributed by atoms with van der Waals surface area (Å²) >= 11 is 0. The number of nitrogens with one attached hydrogen (secondary N) is 1. The van der Waals surface area contributed by atoms with Crippen LogP contribution in [0.5, 0.6) is 0 Å². The van der Waals surface area contributed by atoms with Crippen molar-refractivity contribution in [3.63, 3.8) is 0 Å². The van der Waals surface area contributed by atoms with Crippen LogP contribution in [0.4, 0.5) is 10.1 Å². The van der Waals surface area contributed by atoms with Crippen molar-refractivity contribution in [3.05, 3.63) is 53.7 Å². The van der Waals surface area contributed by atoms with Crippen LogP contribution in [0.25, 0.3) is 0 Å². The monoisotopic (exact) mass is 220 g/mol. The van der Waals surface area contributed by atoms with Crippen LogP contribution in [0.15, 0.2) is 41.0 Å². The van der Waals surface area contributed by atoms with Gasteiger partial charge in [0.2, 0.25) is 0 Å². The Bertz CT molecular complexity index is 468. The molecule has 16 heavy (non-hydrogen) atoms. The van der Waals surface area contributed by atoms with E-state index in [9.17, 15) is 4.39 Å². The number of anilines is 1. The maximum Gasteiger partial charge on any atom is 0.125 e. The van der Waals surface area contributed by atoms with Crippen molar-refractivity contribution in [1.82, 2.24) is 0 Å². The van der Waals surface area contributed by atoms with E-state index in [0.29, 0.717) is 13.1 Å². The molecule has 0 spiro atoms. The largest absolute Gasteiger partial charge is 0.468 e. The fourth-order valence-corrected chi connectivity index (χ4v) is 1.43. The molecule has 0 aliphatic heterocycles. The van der Waals surface area contributed by atoms with Crippen molar-refractivity contribution in [2.24, 2.45) is 5.73 Å². The van der Waals surface area contributed by atoms with Gasteiger partial charge >= 0.3 is 0 Å². The summed E-state index contributed by atoms with van der Waals surface area (Å²) in [6.45, 7) is 0.979. The molecule has 0 aliphatic carbocycles. The quantitative estimate of drug-likeness (QED) is 0.832. The van der Waals surface area contributed by atoms with Crippen LogP contribution < -0.4 is 11.1 Å². The fraction of sp³-hybridized carbons (Fsp3) is 0.167. The highest BCUT2D eigenvalue weighted by atomic mass is 19.1. The molecule has 0 radical (unpaired) electrons. The van der Waals surface area contributed by atoms with Crippen LogP contribution >= 0.6 is 0 Å². The smallest absolute Gasteiger partial charge is 0.125 e. The van der Waals surface area contributed by atoms with Gasteiger partial charge in [0, 0.05) is 17.8 Å². The topological polar surface area (TPSA) is 51.2 Å². The van der Waals surface area contributed by atoms with E-state index in [0.717, 1.165) is 17.0 Å². The number of benzene rings is 1. The zero-order valence-corrected chi connectivity index (χ0v) is 8.74. The van der Waals surface area contributed by atoms with E-state index in [4.69, 9.17) is 10.2 Å². The summed E-state index contributed by atoms with van der Waals surface area (Å²) in [5.74, 6) is 0.496. The van der Waals surface area contributed by atoms with Crippen molar-refractivity contribution >= 4 is 5.69 Å². The summed E-state index contributed by atoms with van der Waals surface area (Å²) < 4.78 is 18.1. The molecule has 3 N–H and O–H groups in total. The summed E-state index contributed by atoms with van der Waals surface area (Å²) in [5, 5.41) is 3.10. The van der Waals surface area contributed by atoms with Crippen LogP contribution in [0.3, 0.4) is 0 Å². The van der Waals surface area contributed by atoms with Crippen molar-refractivity contribution in [2.75, 3.05) is 5.32 Å². The van der Waals surface area contributed by atoms with Crippen molar-refractivity contribution in [1.29, 1.82) is 0 Å². The van der Waals surface area contributed by atoms with E-state index >= 15 is 0 Å². The Hall–Kier alpha value is -1.81. The molecule has 2 rings (SSSR count). The standard InChI is InChI=1S/C12H13FN2O/c13-10-2-1-3-11(5-10)15-7-9-4-12(6-14)16-8-9/h1-5,8,15H,6-7,14H2. The summed E-state index contributed by atoms with van der Waals surface area (Å²) in [7, 11) is 0. The predicted molar refractivity (Wildman–Crippen MR) is 60.3 cm³/mol. The minimum absolute atomic E-state index is 0.250. The number of rotatable bonds is 4. The van der Waals surface area contributed by atoms with Crippen LogP contribution in [-0.4, -0.2) is 0 Å². The van der Waals surface area contributed by atoms with E-state index in [1.807, 2.05) is 12.1 Å². The molecule has 0 atom stereocenters. The second-order valence-electron chi connectivity index (χ2n) is 3.49. The third-order valence-corrected chi connectivity index (χ3v) is 2.23. The SMILES string of the molecule is NCc1cc(CNc2cccc(F)c2)co1. The lowest BCUT2D eigenvalue weighted by Crippen LogP contribution is -1.98. The molecule has 1 heterocycles. The number of hydrogen-bond donors (Lipinski definition) is 2. The van der Waals surface area contributed by atoms with Gasteiger partial charge in [-0.3, -0.25) is 0 Å². The molecular formula is C12H13FN2O. The Balaban J connectivity index is 1.96. The lowest BCUT2D eigenvalue weighted by atomic mass is 10.2. The molecular weight excluding hydrogens is 207 g/mol. The number of nitrogens with two attached hydrogens (primary N) is 1. The second kappa shape index (κ2) is 4.81. The Morgan fingerprint density at radius 2 is 2.19 bits per heavy atom. The van der Waals surface area contributed by atoms with Crippen molar-refractivity contribution in [3.8, 4) is 0 Å². The van der Waals surface area contributed by atoms with Gasteiger partial charge in [-0.2, -0.15) is 0 Å². The fourth-order valence-electron chi connectivity index (χ4n) is 1.43. The van der Waals surface area contributed by atoms with Gasteiger partial charge in [-0.15, -0.1) is 0 Å². The molecule has 3 nitrogen and oxygen atoms in total. The number of furan rings is 1. The molecule has 84 valence electrons. The molecule has 4 heteroatoms. The lowest BCUT2D eigenvalue weighted by Gasteiger charge is -2.03. The minimum atomic E-state index is -0.250. The number of halogens is 1. The van der Waals surface area contributed by atoms with E-state index < -0.39 is 0 Å². The Kier molecular flexibility index (Phi) is 3.22. The van der Waals surface area contributed by atoms with E-state index in [1.54, 1.807) is 12.3 Å². The Labute approximate surface area is 93.1 Å². The van der Waals surface area contributed by atoms with Gasteiger partial charge in [0.1, 0.15) is 11.6 Å². The molecule has 1 aromatic heterocycles. The van der Waals surface area contributed by atoms with Gasteiger partial charge in [0.05, 0.1) is 12.8 Å². The summed E-state index contributed by atoms with van der Waals surface area (Å²) in [6.07, 6.45) is 1.65. The van der Waals surface area contributed by atoms with Gasteiger partial charge < -0.3 is 15.5 Å². The van der Waals surface area contributed by atoms with Crippen molar-refractivity contribution < 1.29 is 8.81 Å². The van der Waals surface area contributed by atoms with Crippen LogP contribution in [-0.2, 0) is 13.1 Å². The first-order valence-electron chi connectivity index (χ1n) is 5.04. The second-order valence-corrected chi connectivity index (χ2v) is 3.49. The highest BCUT2D eigenvalue weighted by Crippen LogP contribution is 2.12.